The molecule has 0 aliphatic carbocycles. The molecule has 0 N–H and O–H groups in total. The Morgan fingerprint density at radius 3 is 1.24 bits per heavy atom. The predicted octanol–water partition coefficient (Wildman–Crippen LogP) is 11.2. The second-order valence-corrected chi connectivity index (χ2v) is 34.8. The average Bonchev–Trinajstić information content (AvgIpc) is 3.60. The molecule has 0 radical (unpaired) electrons. The van der Waals surface area contributed by atoms with Gasteiger partial charge in [-0.1, -0.05) is 48.5 Å². The molecule has 0 bridgehead atoms. The van der Waals surface area contributed by atoms with E-state index in [1.807, 2.05) is 121 Å². The van der Waals surface area contributed by atoms with Crippen LogP contribution < -0.4 is 24.1 Å². The first kappa shape index (κ1) is 76.9. The number of rotatable bonds is 33. The Morgan fingerprint density at radius 1 is 0.506 bits per heavy atom. The third-order valence-electron chi connectivity index (χ3n) is 11.2. The first-order valence-corrected chi connectivity index (χ1v) is 39.0. The average molecular weight is 1330 g/mol. The van der Waals surface area contributed by atoms with Crippen LogP contribution in [0.3, 0.4) is 0 Å². The fourth-order valence-electron chi connectivity index (χ4n) is 7.82. The minimum Gasteiger partial charge on any atom is -0.468 e. The van der Waals surface area contributed by atoms with Gasteiger partial charge in [-0.05, 0) is 133 Å². The van der Waals surface area contributed by atoms with Crippen LogP contribution in [-0.4, -0.2) is 144 Å². The lowest BCUT2D eigenvalue weighted by molar-refractivity contribution is -0.147. The number of hydrogen-bond acceptors (Lipinski definition) is 20. The Morgan fingerprint density at radius 2 is 0.882 bits per heavy atom. The highest BCUT2D eigenvalue weighted by Gasteiger charge is 2.52. The fraction of sp³-hybridized carbons (Fsp3) is 0.534. The largest absolute Gasteiger partial charge is 0.709 e. The molecule has 1 heterocycles. The summed E-state index contributed by atoms with van der Waals surface area (Å²) in [7, 11) is -4.64. The molecular formula is C58H89Cl3O20Si4. The summed E-state index contributed by atoms with van der Waals surface area (Å²) in [6.07, 6.45) is 2.40. The molecule has 1 fully saturated rings. The van der Waals surface area contributed by atoms with Gasteiger partial charge >= 0.3 is 32.4 Å². The van der Waals surface area contributed by atoms with Crippen molar-refractivity contribution in [1.29, 1.82) is 0 Å². The molecular weight excluding hydrogens is 1240 g/mol. The van der Waals surface area contributed by atoms with Crippen molar-refractivity contribution in [3.05, 3.63) is 114 Å². The summed E-state index contributed by atoms with van der Waals surface area (Å²) in [5, 5.41) is 0.936. The molecule has 1 saturated heterocycles. The summed E-state index contributed by atoms with van der Waals surface area (Å²) in [6.45, 7) is 23.2. The maximum Gasteiger partial charge on any atom is 0.709 e. The Balaban J connectivity index is 0.000000389. The second-order valence-electron chi connectivity index (χ2n) is 18.2. The van der Waals surface area contributed by atoms with Crippen LogP contribution in [0.5, 0.6) is 23.0 Å². The minimum absolute atomic E-state index is 0.0359. The lowest BCUT2D eigenvalue weighted by Gasteiger charge is -2.28. The molecule has 27 heteroatoms. The van der Waals surface area contributed by atoms with Gasteiger partial charge in [0, 0.05) is 105 Å². The number of carbonyl (C=O) groups excluding carboxylic acids is 3. The molecule has 3 atom stereocenters. The third kappa shape index (κ3) is 31.5. The minimum atomic E-state index is -3.90. The quantitative estimate of drug-likeness (QED) is 0.0247. The number of benzene rings is 4. The van der Waals surface area contributed by atoms with Crippen molar-refractivity contribution in [2.45, 2.75) is 132 Å². The zero-order valence-electron chi connectivity index (χ0n) is 51.7. The van der Waals surface area contributed by atoms with Crippen LogP contribution in [0.25, 0.3) is 0 Å². The SMILES string of the molecule is CCO[Si](Cc1ccc(OCOC)cc1)(OCC)OCC.CCO[Si](OCC)(OCC)c1ccc(OC(C)OC)cc1.COC(C)Oc1ccc(C[Si](OC(C)=O)(OC(C)=O)OC(C)=O)cc1.Cl[Si](Cl)(Cl)Cc1ccc(OC2CCCCO2)cc1. The van der Waals surface area contributed by atoms with Gasteiger partial charge in [-0.25, -0.2) is 0 Å². The van der Waals surface area contributed by atoms with E-state index in [0.29, 0.717) is 63.0 Å². The molecule has 0 aromatic heterocycles. The van der Waals surface area contributed by atoms with Crippen molar-refractivity contribution < 1.29 is 92.1 Å². The molecule has 3 unspecified atom stereocenters. The zero-order valence-corrected chi connectivity index (χ0v) is 57.9. The number of carbonyl (C=O) groups is 3. The standard InChI is InChI=1S/C16H22O8Si.2C15H26O5Si.C12H15Cl3O2Si/c1-11(17)22-25(23-12(2)18,24-13(3)19)10-15-6-8-16(9-7-15)21-14(4)20-5;1-6-17-21(18-7-2,19-8-3)15-11-9-14(10-12-15)20-13(4)16-5;1-5-18-21(19-6-2,20-7-3)12-14-8-10-15(11-9-14)17-13-16-4;13-18(14,15)9-10-4-6-11(7-5-10)17-12-3-1-2-8-16-12/h6-9,14H,10H2,1-5H3;9-13H,6-8H2,1-5H3;8-11H,5-7,12-13H2,1-4H3;4-7,12H,1-3,8-9H2. The van der Waals surface area contributed by atoms with Gasteiger partial charge in [-0.2, -0.15) is 0 Å². The van der Waals surface area contributed by atoms with Crippen molar-refractivity contribution >= 4 is 88.7 Å². The summed E-state index contributed by atoms with van der Waals surface area (Å²) >= 11 is 17.6. The van der Waals surface area contributed by atoms with Gasteiger partial charge < -0.3 is 77.7 Å². The van der Waals surface area contributed by atoms with E-state index in [4.69, 9.17) is 111 Å². The Bertz CT molecular complexity index is 2370. The van der Waals surface area contributed by atoms with E-state index in [1.54, 1.807) is 45.4 Å². The first-order valence-electron chi connectivity index (χ1n) is 28.1. The molecule has 20 nitrogen and oxygen atoms in total. The molecule has 0 spiro atoms. The van der Waals surface area contributed by atoms with Crippen LogP contribution in [0.4, 0.5) is 0 Å². The van der Waals surface area contributed by atoms with Crippen LogP contribution in [0.1, 0.15) is 112 Å². The van der Waals surface area contributed by atoms with Crippen molar-refractivity contribution in [1.82, 2.24) is 0 Å². The highest BCUT2D eigenvalue weighted by molar-refractivity contribution is 7.64. The topological polar surface area (TPSA) is 208 Å². The molecule has 5 rings (SSSR count). The summed E-state index contributed by atoms with van der Waals surface area (Å²) in [5.74, 6) is 0.765. The highest BCUT2D eigenvalue weighted by Crippen LogP contribution is 2.28. The maximum atomic E-state index is 11.4. The Hall–Kier alpha value is -4.17. The fourth-order valence-corrected chi connectivity index (χ4v) is 17.4. The van der Waals surface area contributed by atoms with Gasteiger partial charge in [0.1, 0.15) is 23.0 Å². The van der Waals surface area contributed by atoms with Gasteiger partial charge in [0.05, 0.1) is 12.7 Å². The zero-order chi connectivity index (χ0) is 63.3. The molecule has 4 aromatic carbocycles. The van der Waals surface area contributed by atoms with Crippen molar-refractivity contribution in [3.8, 4) is 23.0 Å². The predicted molar refractivity (Wildman–Crippen MR) is 333 cm³/mol. The molecule has 1 aliphatic rings. The third-order valence-corrected chi connectivity index (χ3v) is 22.0. The Kier molecular flexibility index (Phi) is 37.9. The van der Waals surface area contributed by atoms with E-state index in [-0.39, 0.29) is 25.4 Å². The summed E-state index contributed by atoms with van der Waals surface area (Å²) < 4.78 is 93.2. The summed E-state index contributed by atoms with van der Waals surface area (Å²) in [5.41, 5.74) is 2.79. The van der Waals surface area contributed by atoms with Gasteiger partial charge in [0.2, 0.25) is 0 Å². The van der Waals surface area contributed by atoms with Gasteiger partial charge in [0.25, 0.3) is 17.9 Å². The van der Waals surface area contributed by atoms with Gasteiger partial charge in [0.15, 0.2) is 25.7 Å². The van der Waals surface area contributed by atoms with E-state index in [0.717, 1.165) is 80.2 Å². The van der Waals surface area contributed by atoms with Crippen LogP contribution in [-0.2, 0) is 91.3 Å². The van der Waals surface area contributed by atoms with Gasteiger partial charge in [-0.15, -0.1) is 33.2 Å². The number of methoxy groups -OCH3 is 3. The lowest BCUT2D eigenvalue weighted by Crippen LogP contribution is -2.56. The van der Waals surface area contributed by atoms with E-state index in [2.05, 4.69) is 0 Å². The number of ether oxygens (including phenoxy) is 8. The molecule has 4 aromatic rings. The van der Waals surface area contributed by atoms with Crippen molar-refractivity contribution in [2.24, 2.45) is 0 Å². The maximum absolute atomic E-state index is 11.4. The molecule has 1 aliphatic heterocycles. The van der Waals surface area contributed by atoms with Crippen molar-refractivity contribution in [2.75, 3.05) is 74.4 Å². The van der Waals surface area contributed by atoms with Crippen LogP contribution in [0, 0.1) is 0 Å². The van der Waals surface area contributed by atoms with E-state index < -0.39 is 56.6 Å². The normalized spacial score (nSPS) is 14.1. The van der Waals surface area contributed by atoms with E-state index >= 15 is 0 Å². The Labute approximate surface area is 521 Å². The monoisotopic (exact) mass is 1320 g/mol. The summed E-state index contributed by atoms with van der Waals surface area (Å²) in [6, 6.07) is 28.4. The molecule has 478 valence electrons. The highest BCUT2D eigenvalue weighted by atomic mass is 35.8. The molecule has 85 heavy (non-hydrogen) atoms. The van der Waals surface area contributed by atoms with E-state index in [9.17, 15) is 14.4 Å². The number of hydrogen-bond donors (Lipinski definition) is 0. The van der Waals surface area contributed by atoms with Crippen molar-refractivity contribution in [3.63, 3.8) is 0 Å². The van der Waals surface area contributed by atoms with Gasteiger partial charge in [-0.3, -0.25) is 14.4 Å². The second kappa shape index (κ2) is 41.9. The number of halogens is 3. The van der Waals surface area contributed by atoms with Crippen LogP contribution in [0.2, 0.25) is 0 Å². The molecule has 0 saturated carbocycles. The van der Waals surface area contributed by atoms with E-state index in [1.165, 1.54) is 7.11 Å². The molecule has 0 amide bonds. The lowest BCUT2D eigenvalue weighted by atomic mass is 10.2. The summed E-state index contributed by atoms with van der Waals surface area (Å²) in [4.78, 5) is 34.3. The van der Waals surface area contributed by atoms with Crippen LogP contribution in [0.15, 0.2) is 97.1 Å². The first-order chi connectivity index (χ1) is 40.5. The smallest absolute Gasteiger partial charge is 0.468 e. The van der Waals surface area contributed by atoms with Crippen LogP contribution >= 0.6 is 33.2 Å².